The van der Waals surface area contributed by atoms with Crippen LogP contribution in [-0.4, -0.2) is 0 Å². The van der Waals surface area contributed by atoms with Gasteiger partial charge in [0.2, 0.25) is 0 Å². The Hall–Kier alpha value is -0.780. The lowest BCUT2D eigenvalue weighted by atomic mass is 10.1. The minimum Gasteiger partial charge on any atom is -0.0988 e. The standard InChI is InChI=1S/C11H16/c1-4-6-7-10(5-2)11-8-9(11)3/h4-6,9H,2,7-8H2,1,3H3. The molecule has 1 aliphatic rings. The average molecular weight is 148 g/mol. The first-order valence-corrected chi connectivity index (χ1v) is 4.25. The molecular formula is C11H16. The van der Waals surface area contributed by atoms with Crippen LogP contribution in [0.4, 0.5) is 0 Å². The van der Waals surface area contributed by atoms with Crippen LogP contribution in [0.1, 0.15) is 26.7 Å². The topological polar surface area (TPSA) is 0 Å². The minimum atomic E-state index is 0.827. The fraction of sp³-hybridized carbons (Fsp3) is 0.455. The molecule has 0 aromatic heterocycles. The highest BCUT2D eigenvalue weighted by molar-refractivity contribution is 5.36. The molecule has 0 bridgehead atoms. The maximum Gasteiger partial charge on any atom is -0.00981 e. The second-order valence-electron chi connectivity index (χ2n) is 3.13. The van der Waals surface area contributed by atoms with Crippen molar-refractivity contribution in [2.75, 3.05) is 0 Å². The summed E-state index contributed by atoms with van der Waals surface area (Å²) in [7, 11) is 0. The van der Waals surface area contributed by atoms with Gasteiger partial charge in [-0.1, -0.05) is 37.3 Å². The lowest BCUT2D eigenvalue weighted by molar-refractivity contribution is 1.01. The molecule has 1 rings (SSSR count). The minimum absolute atomic E-state index is 0.827. The molecular weight excluding hydrogens is 132 g/mol. The summed E-state index contributed by atoms with van der Waals surface area (Å²) in [6, 6.07) is 0. The SMILES string of the molecule is C=CC(CC=CC)=C1CC1C. The molecule has 60 valence electrons. The van der Waals surface area contributed by atoms with Crippen molar-refractivity contribution in [2.24, 2.45) is 5.92 Å². The average Bonchev–Trinajstić information content (AvgIpc) is 2.69. The van der Waals surface area contributed by atoms with Gasteiger partial charge in [-0.2, -0.15) is 0 Å². The van der Waals surface area contributed by atoms with E-state index in [-0.39, 0.29) is 0 Å². The zero-order valence-electron chi connectivity index (χ0n) is 7.43. The molecule has 1 unspecified atom stereocenters. The third-order valence-corrected chi connectivity index (χ3v) is 2.19. The Morgan fingerprint density at radius 1 is 1.73 bits per heavy atom. The predicted octanol–water partition coefficient (Wildman–Crippen LogP) is 3.48. The summed E-state index contributed by atoms with van der Waals surface area (Å²) in [5.41, 5.74) is 3.05. The van der Waals surface area contributed by atoms with Crippen LogP contribution in [0.15, 0.2) is 36.0 Å². The van der Waals surface area contributed by atoms with Crippen molar-refractivity contribution in [1.29, 1.82) is 0 Å². The first-order valence-electron chi connectivity index (χ1n) is 4.25. The lowest BCUT2D eigenvalue weighted by Gasteiger charge is -1.93. The molecule has 0 spiro atoms. The van der Waals surface area contributed by atoms with E-state index in [1.54, 1.807) is 5.57 Å². The number of hydrogen-bond donors (Lipinski definition) is 0. The molecule has 0 heterocycles. The molecule has 0 amide bonds. The summed E-state index contributed by atoms with van der Waals surface area (Å²) < 4.78 is 0. The van der Waals surface area contributed by atoms with Gasteiger partial charge in [-0.15, -0.1) is 0 Å². The molecule has 0 nitrogen and oxygen atoms in total. The first-order chi connectivity index (χ1) is 5.29. The van der Waals surface area contributed by atoms with E-state index < -0.39 is 0 Å². The van der Waals surface area contributed by atoms with E-state index in [0.29, 0.717) is 0 Å². The Morgan fingerprint density at radius 2 is 2.36 bits per heavy atom. The zero-order valence-corrected chi connectivity index (χ0v) is 7.43. The normalized spacial score (nSPS) is 27.3. The van der Waals surface area contributed by atoms with Crippen molar-refractivity contribution in [3.8, 4) is 0 Å². The summed E-state index contributed by atoms with van der Waals surface area (Å²) in [6.45, 7) is 8.15. The first kappa shape index (κ1) is 8.32. The van der Waals surface area contributed by atoms with Gasteiger partial charge in [0.05, 0.1) is 0 Å². The quantitative estimate of drug-likeness (QED) is 0.537. The van der Waals surface area contributed by atoms with E-state index in [0.717, 1.165) is 12.3 Å². The maximum absolute atomic E-state index is 3.82. The van der Waals surface area contributed by atoms with E-state index in [2.05, 4.69) is 32.6 Å². The van der Waals surface area contributed by atoms with E-state index in [9.17, 15) is 0 Å². The Labute approximate surface area is 69.3 Å². The molecule has 0 N–H and O–H groups in total. The van der Waals surface area contributed by atoms with Crippen LogP contribution in [0, 0.1) is 5.92 Å². The number of allylic oxidation sites excluding steroid dienone is 5. The second kappa shape index (κ2) is 3.56. The van der Waals surface area contributed by atoms with Crippen LogP contribution in [-0.2, 0) is 0 Å². The van der Waals surface area contributed by atoms with Gasteiger partial charge in [0.25, 0.3) is 0 Å². The summed E-state index contributed by atoms with van der Waals surface area (Å²) in [6.07, 6.45) is 8.64. The molecule has 0 aliphatic heterocycles. The van der Waals surface area contributed by atoms with Gasteiger partial charge < -0.3 is 0 Å². The van der Waals surface area contributed by atoms with Crippen molar-refractivity contribution in [2.45, 2.75) is 26.7 Å². The highest BCUT2D eigenvalue weighted by Crippen LogP contribution is 2.40. The smallest absolute Gasteiger partial charge is 0.00981 e. The summed E-state index contributed by atoms with van der Waals surface area (Å²) >= 11 is 0. The molecule has 0 radical (unpaired) electrons. The van der Waals surface area contributed by atoms with Crippen molar-refractivity contribution in [1.82, 2.24) is 0 Å². The third-order valence-electron chi connectivity index (χ3n) is 2.19. The largest absolute Gasteiger partial charge is 0.0988 e. The fourth-order valence-corrected chi connectivity index (χ4v) is 1.31. The van der Waals surface area contributed by atoms with Gasteiger partial charge in [0, 0.05) is 0 Å². The van der Waals surface area contributed by atoms with Crippen molar-refractivity contribution >= 4 is 0 Å². The van der Waals surface area contributed by atoms with Crippen LogP contribution >= 0.6 is 0 Å². The lowest BCUT2D eigenvalue weighted by Crippen LogP contribution is -1.74. The molecule has 1 atom stereocenters. The number of rotatable bonds is 3. The Morgan fingerprint density at radius 3 is 2.73 bits per heavy atom. The fourth-order valence-electron chi connectivity index (χ4n) is 1.31. The molecule has 0 aromatic rings. The summed E-state index contributed by atoms with van der Waals surface area (Å²) in [4.78, 5) is 0. The maximum atomic E-state index is 3.82. The van der Waals surface area contributed by atoms with E-state index >= 15 is 0 Å². The van der Waals surface area contributed by atoms with Crippen molar-refractivity contribution in [3.05, 3.63) is 36.0 Å². The summed E-state index contributed by atoms with van der Waals surface area (Å²) in [5, 5.41) is 0. The van der Waals surface area contributed by atoms with Crippen molar-refractivity contribution in [3.63, 3.8) is 0 Å². The van der Waals surface area contributed by atoms with E-state index in [4.69, 9.17) is 0 Å². The zero-order chi connectivity index (χ0) is 8.27. The van der Waals surface area contributed by atoms with Gasteiger partial charge in [-0.05, 0) is 31.3 Å². The third kappa shape index (κ3) is 2.07. The van der Waals surface area contributed by atoms with Crippen LogP contribution in [0.3, 0.4) is 0 Å². The number of hydrogen-bond acceptors (Lipinski definition) is 0. The molecule has 1 aliphatic carbocycles. The van der Waals surface area contributed by atoms with Gasteiger partial charge in [-0.3, -0.25) is 0 Å². The highest BCUT2D eigenvalue weighted by atomic mass is 14.3. The highest BCUT2D eigenvalue weighted by Gasteiger charge is 2.26. The monoisotopic (exact) mass is 148 g/mol. The summed E-state index contributed by atoms with van der Waals surface area (Å²) in [5.74, 6) is 0.827. The molecule has 0 aromatic carbocycles. The van der Waals surface area contributed by atoms with Crippen LogP contribution < -0.4 is 0 Å². The van der Waals surface area contributed by atoms with Gasteiger partial charge >= 0.3 is 0 Å². The Kier molecular flexibility index (Phi) is 2.70. The Bertz CT molecular complexity index is 206. The van der Waals surface area contributed by atoms with Crippen LogP contribution in [0.2, 0.25) is 0 Å². The molecule has 1 fully saturated rings. The van der Waals surface area contributed by atoms with Crippen molar-refractivity contribution < 1.29 is 0 Å². The van der Waals surface area contributed by atoms with Crippen LogP contribution in [0.5, 0.6) is 0 Å². The predicted molar refractivity (Wildman–Crippen MR) is 50.4 cm³/mol. The Balaban J connectivity index is 2.58. The van der Waals surface area contributed by atoms with E-state index in [1.165, 1.54) is 12.0 Å². The van der Waals surface area contributed by atoms with Gasteiger partial charge in [0.15, 0.2) is 0 Å². The van der Waals surface area contributed by atoms with Gasteiger partial charge in [-0.25, -0.2) is 0 Å². The van der Waals surface area contributed by atoms with E-state index in [1.807, 2.05) is 6.08 Å². The molecule has 0 saturated heterocycles. The van der Waals surface area contributed by atoms with Gasteiger partial charge in [0.1, 0.15) is 0 Å². The second-order valence-corrected chi connectivity index (χ2v) is 3.13. The molecule has 1 saturated carbocycles. The molecule has 0 heteroatoms. The van der Waals surface area contributed by atoms with Crippen LogP contribution in [0.25, 0.3) is 0 Å². The molecule has 11 heavy (non-hydrogen) atoms.